The van der Waals surface area contributed by atoms with E-state index in [2.05, 4.69) is 0 Å². The van der Waals surface area contributed by atoms with Crippen LogP contribution in [0.25, 0.3) is 0 Å². The van der Waals surface area contributed by atoms with Crippen molar-refractivity contribution in [1.29, 1.82) is 0 Å². The van der Waals surface area contributed by atoms with E-state index >= 15 is 0 Å². The van der Waals surface area contributed by atoms with Crippen LogP contribution in [0.1, 0.15) is 23.3 Å². The number of amides is 2. The molecule has 196 valence electrons. The van der Waals surface area contributed by atoms with Crippen LogP contribution in [0.2, 0.25) is 5.02 Å². The van der Waals surface area contributed by atoms with E-state index in [1.807, 2.05) is 40.6 Å². The molecule has 3 aromatic rings. The van der Waals surface area contributed by atoms with Crippen molar-refractivity contribution in [2.24, 2.45) is 0 Å². The molecule has 1 aliphatic carbocycles. The van der Waals surface area contributed by atoms with Crippen LogP contribution in [-0.2, 0) is 22.6 Å². The number of halogens is 1. The quantitative estimate of drug-likeness (QED) is 0.302. The number of hydrogen-bond acceptors (Lipinski definition) is 6. The number of hydrogen-bond donors (Lipinski definition) is 0. The highest BCUT2D eigenvalue weighted by Crippen LogP contribution is 2.29. The van der Waals surface area contributed by atoms with E-state index in [9.17, 15) is 9.59 Å². The summed E-state index contributed by atoms with van der Waals surface area (Å²) in [5, 5.41) is 2.60. The number of thiophene rings is 1. The van der Waals surface area contributed by atoms with Gasteiger partial charge in [0.1, 0.15) is 12.3 Å². The van der Waals surface area contributed by atoms with Crippen LogP contribution in [0.5, 0.6) is 17.2 Å². The maximum Gasteiger partial charge on any atom is 0.261 e. The van der Waals surface area contributed by atoms with Gasteiger partial charge in [0, 0.05) is 22.5 Å². The molecule has 0 atom stereocenters. The van der Waals surface area contributed by atoms with Crippen molar-refractivity contribution in [2.75, 3.05) is 33.9 Å². The minimum atomic E-state index is -0.193. The fourth-order valence-electron chi connectivity index (χ4n) is 3.99. The number of ether oxygens (including phenoxy) is 3. The van der Waals surface area contributed by atoms with Gasteiger partial charge in [-0.05, 0) is 72.7 Å². The van der Waals surface area contributed by atoms with Gasteiger partial charge in [-0.3, -0.25) is 9.59 Å². The number of nitrogens with zero attached hydrogens (tertiary/aromatic N) is 2. The lowest BCUT2D eigenvalue weighted by atomic mass is 10.1. The van der Waals surface area contributed by atoms with Gasteiger partial charge in [0.05, 0.1) is 20.8 Å². The molecule has 9 heteroatoms. The predicted octanol–water partition coefficient (Wildman–Crippen LogP) is 5.06. The summed E-state index contributed by atoms with van der Waals surface area (Å²) < 4.78 is 16.4. The summed E-state index contributed by atoms with van der Waals surface area (Å²) in [4.78, 5) is 31.1. The third-order valence-corrected chi connectivity index (χ3v) is 7.30. The summed E-state index contributed by atoms with van der Waals surface area (Å²) in [5.41, 5.74) is 1.04. The van der Waals surface area contributed by atoms with Crippen LogP contribution < -0.4 is 14.2 Å². The third-order valence-electron chi connectivity index (χ3n) is 6.19. The SMILES string of the molecule is COc1ccc(CCN(Cc2cccs2)C(=O)CN(C(=O)COc2ccc(Cl)cc2)C2CC2)cc1OC. The number of benzene rings is 2. The Balaban J connectivity index is 1.41. The molecule has 0 aliphatic heterocycles. The van der Waals surface area contributed by atoms with E-state index in [1.54, 1.807) is 54.7 Å². The van der Waals surface area contributed by atoms with Crippen molar-refractivity contribution in [2.45, 2.75) is 31.8 Å². The van der Waals surface area contributed by atoms with Gasteiger partial charge in [0.25, 0.3) is 5.91 Å². The summed E-state index contributed by atoms with van der Waals surface area (Å²) in [6.07, 6.45) is 2.45. The zero-order chi connectivity index (χ0) is 26.2. The van der Waals surface area contributed by atoms with Gasteiger partial charge in [-0.1, -0.05) is 23.7 Å². The first kappa shape index (κ1) is 26.8. The van der Waals surface area contributed by atoms with Crippen molar-refractivity contribution >= 4 is 34.8 Å². The van der Waals surface area contributed by atoms with Gasteiger partial charge in [-0.25, -0.2) is 0 Å². The minimum Gasteiger partial charge on any atom is -0.493 e. The van der Waals surface area contributed by atoms with Crippen molar-refractivity contribution in [3.8, 4) is 17.2 Å². The largest absolute Gasteiger partial charge is 0.493 e. The Kier molecular flexibility index (Phi) is 9.30. The van der Waals surface area contributed by atoms with E-state index in [4.69, 9.17) is 25.8 Å². The monoisotopic (exact) mass is 542 g/mol. The molecule has 4 rings (SSSR count). The Labute approximate surface area is 226 Å². The molecule has 37 heavy (non-hydrogen) atoms. The molecule has 0 N–H and O–H groups in total. The molecule has 0 spiro atoms. The smallest absolute Gasteiger partial charge is 0.261 e. The molecular weight excluding hydrogens is 512 g/mol. The van der Waals surface area contributed by atoms with Gasteiger partial charge >= 0.3 is 0 Å². The Morgan fingerprint density at radius 2 is 1.76 bits per heavy atom. The van der Waals surface area contributed by atoms with Gasteiger partial charge in [0.15, 0.2) is 18.1 Å². The van der Waals surface area contributed by atoms with Gasteiger partial charge in [0.2, 0.25) is 5.91 Å². The summed E-state index contributed by atoms with van der Waals surface area (Å²) in [5.74, 6) is 1.61. The highest BCUT2D eigenvalue weighted by atomic mass is 35.5. The first-order valence-electron chi connectivity index (χ1n) is 12.2. The minimum absolute atomic E-state index is 0.0325. The number of carbonyl (C=O) groups excluding carboxylic acids is 2. The van der Waals surface area contributed by atoms with Gasteiger partial charge < -0.3 is 24.0 Å². The van der Waals surface area contributed by atoms with E-state index in [0.29, 0.717) is 41.8 Å². The van der Waals surface area contributed by atoms with E-state index in [0.717, 1.165) is 23.3 Å². The maximum absolute atomic E-state index is 13.5. The second-order valence-corrected chi connectivity index (χ2v) is 10.3. The topological polar surface area (TPSA) is 68.3 Å². The third kappa shape index (κ3) is 7.63. The van der Waals surface area contributed by atoms with Crippen molar-refractivity contribution in [3.05, 3.63) is 75.4 Å². The first-order chi connectivity index (χ1) is 18.0. The number of methoxy groups -OCH3 is 2. The first-order valence-corrected chi connectivity index (χ1v) is 13.4. The Morgan fingerprint density at radius 1 is 1.00 bits per heavy atom. The Morgan fingerprint density at radius 3 is 2.41 bits per heavy atom. The summed E-state index contributed by atoms with van der Waals surface area (Å²) in [6.45, 7) is 0.921. The van der Waals surface area contributed by atoms with Crippen LogP contribution in [0.15, 0.2) is 60.0 Å². The molecule has 1 fully saturated rings. The molecule has 2 aromatic carbocycles. The molecule has 0 unspecified atom stereocenters. The van der Waals surface area contributed by atoms with Crippen LogP contribution in [0.3, 0.4) is 0 Å². The lowest BCUT2D eigenvalue weighted by Crippen LogP contribution is -2.45. The molecule has 0 radical (unpaired) electrons. The second-order valence-electron chi connectivity index (χ2n) is 8.83. The highest BCUT2D eigenvalue weighted by molar-refractivity contribution is 7.09. The van der Waals surface area contributed by atoms with Crippen molar-refractivity contribution in [3.63, 3.8) is 0 Å². The van der Waals surface area contributed by atoms with E-state index in [1.165, 1.54) is 0 Å². The molecule has 1 aliphatic rings. The molecule has 1 heterocycles. The van der Waals surface area contributed by atoms with Crippen LogP contribution in [0, 0.1) is 0 Å². The van der Waals surface area contributed by atoms with Crippen LogP contribution in [-0.4, -0.2) is 61.6 Å². The van der Waals surface area contributed by atoms with Gasteiger partial charge in [-0.2, -0.15) is 0 Å². The second kappa shape index (κ2) is 12.8. The van der Waals surface area contributed by atoms with Crippen molar-refractivity contribution < 1.29 is 23.8 Å². The zero-order valence-corrected chi connectivity index (χ0v) is 22.6. The molecule has 7 nitrogen and oxygen atoms in total. The number of rotatable bonds is 13. The molecule has 0 bridgehead atoms. The van der Waals surface area contributed by atoms with Crippen molar-refractivity contribution in [1.82, 2.24) is 9.80 Å². The fraction of sp³-hybridized carbons (Fsp3) is 0.357. The standard InChI is InChI=1S/C28H31ClN2O5S/c1-34-25-12-5-20(16-26(25)35-2)13-14-30(17-24-4-3-15-37-24)27(32)18-31(22-8-9-22)28(33)19-36-23-10-6-21(29)7-11-23/h3-7,10-12,15-16,22H,8-9,13-14,17-19H2,1-2H3. The zero-order valence-electron chi connectivity index (χ0n) is 21.0. The van der Waals surface area contributed by atoms with E-state index in [-0.39, 0.29) is 31.0 Å². The molecule has 2 amide bonds. The van der Waals surface area contributed by atoms with Gasteiger partial charge in [-0.15, -0.1) is 11.3 Å². The summed E-state index contributed by atoms with van der Waals surface area (Å²) in [6, 6.07) is 16.7. The number of carbonyl (C=O) groups is 2. The van der Waals surface area contributed by atoms with Crippen LogP contribution >= 0.6 is 22.9 Å². The highest BCUT2D eigenvalue weighted by Gasteiger charge is 2.35. The lowest BCUT2D eigenvalue weighted by Gasteiger charge is -2.28. The molecule has 1 saturated carbocycles. The average molecular weight is 543 g/mol. The molecule has 0 saturated heterocycles. The summed E-state index contributed by atoms with van der Waals surface area (Å²) >= 11 is 7.53. The predicted molar refractivity (Wildman–Crippen MR) is 145 cm³/mol. The van der Waals surface area contributed by atoms with E-state index < -0.39 is 0 Å². The maximum atomic E-state index is 13.5. The summed E-state index contributed by atoms with van der Waals surface area (Å²) in [7, 11) is 3.21. The average Bonchev–Trinajstić information content (AvgIpc) is 3.63. The molecular formula is C28H31ClN2O5S. The Bertz CT molecular complexity index is 1180. The fourth-order valence-corrected chi connectivity index (χ4v) is 4.84. The Hall–Kier alpha value is -3.23. The van der Waals surface area contributed by atoms with Crippen LogP contribution in [0.4, 0.5) is 0 Å². The molecule has 1 aromatic heterocycles. The lowest BCUT2D eigenvalue weighted by molar-refractivity contribution is -0.142. The normalized spacial score (nSPS) is 12.6.